The molecular formula is C17H29IN4O. The smallest absolute Gasteiger partial charge is 0.213 e. The molecule has 0 amide bonds. The number of likely N-dealkylation sites (tertiary alicyclic amines) is 1. The second-order valence-electron chi connectivity index (χ2n) is 7.06. The minimum absolute atomic E-state index is 0. The summed E-state index contributed by atoms with van der Waals surface area (Å²) in [5.74, 6) is 2.07. The predicted octanol–water partition coefficient (Wildman–Crippen LogP) is 3.42. The van der Waals surface area contributed by atoms with Crippen LogP contribution >= 0.6 is 24.0 Å². The van der Waals surface area contributed by atoms with Gasteiger partial charge in [0.2, 0.25) is 5.88 Å². The molecule has 130 valence electrons. The number of hydrogen-bond acceptors (Lipinski definition) is 3. The lowest BCUT2D eigenvalue weighted by atomic mass is 10.00. The summed E-state index contributed by atoms with van der Waals surface area (Å²) in [6.07, 6.45) is 4.18. The lowest BCUT2D eigenvalue weighted by Crippen LogP contribution is -2.42. The molecule has 1 saturated heterocycles. The first-order chi connectivity index (χ1) is 10.3. The van der Waals surface area contributed by atoms with Gasteiger partial charge < -0.3 is 15.4 Å². The minimum Gasteiger partial charge on any atom is -0.472 e. The number of nitrogens with two attached hydrogens (primary N) is 1. The third-order valence-corrected chi connectivity index (χ3v) is 3.74. The van der Waals surface area contributed by atoms with Crippen molar-refractivity contribution in [1.82, 2.24) is 9.88 Å². The van der Waals surface area contributed by atoms with Crippen molar-refractivity contribution in [1.29, 1.82) is 0 Å². The van der Waals surface area contributed by atoms with Crippen molar-refractivity contribution in [3.05, 3.63) is 23.9 Å². The molecule has 0 radical (unpaired) electrons. The number of aromatic nitrogens is 1. The molecule has 0 unspecified atom stereocenters. The van der Waals surface area contributed by atoms with E-state index in [9.17, 15) is 0 Å². The van der Waals surface area contributed by atoms with E-state index in [1.54, 1.807) is 6.20 Å². The molecule has 1 aromatic heterocycles. The summed E-state index contributed by atoms with van der Waals surface area (Å²) < 4.78 is 5.71. The zero-order chi connectivity index (χ0) is 16.2. The van der Waals surface area contributed by atoms with Gasteiger partial charge in [0.15, 0.2) is 5.96 Å². The Balaban J connectivity index is 0.00000264. The van der Waals surface area contributed by atoms with Crippen molar-refractivity contribution < 1.29 is 4.74 Å². The lowest BCUT2D eigenvalue weighted by molar-refractivity contribution is 0.124. The maximum Gasteiger partial charge on any atom is 0.213 e. The fraction of sp³-hybridized carbons (Fsp3) is 0.647. The van der Waals surface area contributed by atoms with Gasteiger partial charge in [-0.15, -0.1) is 24.0 Å². The number of guanidine groups is 1. The molecule has 5 nitrogen and oxygen atoms in total. The van der Waals surface area contributed by atoms with Crippen molar-refractivity contribution in [2.45, 2.75) is 52.7 Å². The van der Waals surface area contributed by atoms with Gasteiger partial charge in [0.1, 0.15) is 5.60 Å². The van der Waals surface area contributed by atoms with Crippen LogP contribution in [0.15, 0.2) is 23.3 Å². The molecule has 0 aromatic carbocycles. The van der Waals surface area contributed by atoms with E-state index in [-0.39, 0.29) is 29.6 Å². The number of piperidine rings is 1. The Hall–Kier alpha value is -1.05. The Morgan fingerprint density at radius 1 is 1.35 bits per heavy atom. The third kappa shape index (κ3) is 6.93. The van der Waals surface area contributed by atoms with Crippen LogP contribution in [0.25, 0.3) is 0 Å². The predicted molar refractivity (Wildman–Crippen MR) is 105 cm³/mol. The second-order valence-corrected chi connectivity index (χ2v) is 7.06. The third-order valence-electron chi connectivity index (χ3n) is 3.74. The van der Waals surface area contributed by atoms with Gasteiger partial charge in [0.25, 0.3) is 0 Å². The molecule has 0 spiro atoms. The Kier molecular flexibility index (Phi) is 7.57. The highest BCUT2D eigenvalue weighted by Gasteiger charge is 2.17. The normalized spacial score (nSPS) is 16.9. The molecule has 0 bridgehead atoms. The molecule has 2 rings (SSSR count). The van der Waals surface area contributed by atoms with Gasteiger partial charge >= 0.3 is 0 Å². The highest BCUT2D eigenvalue weighted by atomic mass is 127. The van der Waals surface area contributed by atoms with E-state index < -0.39 is 0 Å². The summed E-state index contributed by atoms with van der Waals surface area (Å²) in [7, 11) is 0. The standard InChI is InChI=1S/C17H28N4O.HI/c1-13-7-9-21(10-8-13)16(18)20-12-14-5-6-15(19-11-14)22-17(2,3)4;/h5-6,11,13H,7-10,12H2,1-4H3,(H2,18,20);1H. The fourth-order valence-corrected chi connectivity index (χ4v) is 2.39. The number of pyridine rings is 1. The van der Waals surface area contributed by atoms with Gasteiger partial charge in [0.05, 0.1) is 6.54 Å². The zero-order valence-corrected chi connectivity index (χ0v) is 16.9. The number of nitrogens with zero attached hydrogens (tertiary/aromatic N) is 3. The van der Waals surface area contributed by atoms with Crippen molar-refractivity contribution >= 4 is 29.9 Å². The summed E-state index contributed by atoms with van der Waals surface area (Å²) in [4.78, 5) is 11.0. The Morgan fingerprint density at radius 3 is 2.52 bits per heavy atom. The Bertz CT molecular complexity index is 502. The van der Waals surface area contributed by atoms with E-state index in [0.717, 1.165) is 24.6 Å². The number of ether oxygens (including phenoxy) is 1. The molecule has 1 aliphatic heterocycles. The van der Waals surface area contributed by atoms with E-state index in [2.05, 4.69) is 21.8 Å². The summed E-state index contributed by atoms with van der Waals surface area (Å²) in [5.41, 5.74) is 6.89. The van der Waals surface area contributed by atoms with Crippen molar-refractivity contribution in [3.63, 3.8) is 0 Å². The van der Waals surface area contributed by atoms with Crippen LogP contribution in [0.2, 0.25) is 0 Å². The molecule has 0 aliphatic carbocycles. The van der Waals surface area contributed by atoms with Crippen molar-refractivity contribution in [2.75, 3.05) is 13.1 Å². The molecule has 1 aromatic rings. The molecule has 2 N–H and O–H groups in total. The molecule has 0 saturated carbocycles. The second kappa shape index (κ2) is 8.70. The summed E-state index contributed by atoms with van der Waals surface area (Å²) in [5, 5.41) is 0. The van der Waals surface area contributed by atoms with Crippen LogP contribution in [-0.2, 0) is 6.54 Å². The van der Waals surface area contributed by atoms with Gasteiger partial charge in [-0.2, -0.15) is 0 Å². The highest BCUT2D eigenvalue weighted by molar-refractivity contribution is 14.0. The van der Waals surface area contributed by atoms with E-state index >= 15 is 0 Å². The molecule has 2 heterocycles. The van der Waals surface area contributed by atoms with Crippen LogP contribution in [-0.4, -0.2) is 34.5 Å². The molecule has 6 heteroatoms. The van der Waals surface area contributed by atoms with Gasteiger partial charge in [0, 0.05) is 25.4 Å². The van der Waals surface area contributed by atoms with Crippen molar-refractivity contribution in [2.24, 2.45) is 16.6 Å². The van der Waals surface area contributed by atoms with E-state index in [1.165, 1.54) is 12.8 Å². The first-order valence-corrected chi connectivity index (χ1v) is 8.02. The first-order valence-electron chi connectivity index (χ1n) is 8.02. The van der Waals surface area contributed by atoms with Crippen LogP contribution in [0.5, 0.6) is 5.88 Å². The van der Waals surface area contributed by atoms with E-state index in [1.807, 2.05) is 32.9 Å². The number of hydrogen-bond donors (Lipinski definition) is 1. The van der Waals surface area contributed by atoms with Crippen LogP contribution in [0.1, 0.15) is 46.1 Å². The maximum absolute atomic E-state index is 6.09. The molecule has 1 aliphatic rings. The van der Waals surface area contributed by atoms with Crippen LogP contribution < -0.4 is 10.5 Å². The Morgan fingerprint density at radius 2 is 2.00 bits per heavy atom. The topological polar surface area (TPSA) is 63.7 Å². The minimum atomic E-state index is -0.234. The first kappa shape index (κ1) is 20.0. The number of rotatable bonds is 3. The monoisotopic (exact) mass is 432 g/mol. The fourth-order valence-electron chi connectivity index (χ4n) is 2.39. The van der Waals surface area contributed by atoms with Crippen LogP contribution in [0, 0.1) is 5.92 Å². The SMILES string of the molecule is CC1CCN(C(N)=NCc2ccc(OC(C)(C)C)nc2)CC1.I. The van der Waals surface area contributed by atoms with Gasteiger partial charge in [-0.1, -0.05) is 13.0 Å². The lowest BCUT2D eigenvalue weighted by Gasteiger charge is -2.31. The Labute approximate surface area is 156 Å². The van der Waals surface area contributed by atoms with Gasteiger partial charge in [-0.25, -0.2) is 9.98 Å². The molecule has 0 atom stereocenters. The summed E-state index contributed by atoms with van der Waals surface area (Å²) in [6.45, 7) is 10.9. The largest absolute Gasteiger partial charge is 0.472 e. The van der Waals surface area contributed by atoms with Crippen LogP contribution in [0.3, 0.4) is 0 Å². The average Bonchev–Trinajstić information content (AvgIpc) is 2.45. The average molecular weight is 432 g/mol. The van der Waals surface area contributed by atoms with Crippen LogP contribution in [0.4, 0.5) is 0 Å². The summed E-state index contributed by atoms with van der Waals surface area (Å²) in [6, 6.07) is 3.87. The number of halogens is 1. The van der Waals surface area contributed by atoms with E-state index in [0.29, 0.717) is 18.4 Å². The molecule has 1 fully saturated rings. The quantitative estimate of drug-likeness (QED) is 0.452. The van der Waals surface area contributed by atoms with Gasteiger partial charge in [-0.3, -0.25) is 0 Å². The molecular weight excluding hydrogens is 403 g/mol. The molecule has 23 heavy (non-hydrogen) atoms. The van der Waals surface area contributed by atoms with Crippen molar-refractivity contribution in [3.8, 4) is 5.88 Å². The summed E-state index contributed by atoms with van der Waals surface area (Å²) >= 11 is 0. The maximum atomic E-state index is 6.09. The van der Waals surface area contributed by atoms with Gasteiger partial charge in [-0.05, 0) is 45.1 Å². The van der Waals surface area contributed by atoms with E-state index in [4.69, 9.17) is 10.5 Å². The zero-order valence-electron chi connectivity index (χ0n) is 14.6. The number of aliphatic imine (C=N–C) groups is 1. The highest BCUT2D eigenvalue weighted by Crippen LogP contribution is 2.17.